The van der Waals surface area contributed by atoms with E-state index in [0.717, 1.165) is 32.7 Å². The van der Waals surface area contributed by atoms with Gasteiger partial charge in [-0.15, -0.1) is 0 Å². The second-order valence-corrected chi connectivity index (χ2v) is 5.95. The zero-order valence-electron chi connectivity index (χ0n) is 13.5. The molecule has 0 atom stereocenters. The van der Waals surface area contributed by atoms with Crippen LogP contribution in [0.4, 0.5) is 11.6 Å². The van der Waals surface area contributed by atoms with Crippen LogP contribution in [0.2, 0.25) is 0 Å². The van der Waals surface area contributed by atoms with Crippen molar-refractivity contribution >= 4 is 11.6 Å². The van der Waals surface area contributed by atoms with Crippen molar-refractivity contribution in [2.45, 2.75) is 13.5 Å². The van der Waals surface area contributed by atoms with Crippen LogP contribution in [0.5, 0.6) is 0 Å². The van der Waals surface area contributed by atoms with Crippen molar-refractivity contribution in [2.24, 2.45) is 7.05 Å². The summed E-state index contributed by atoms with van der Waals surface area (Å²) in [6, 6.07) is 8.41. The maximum absolute atomic E-state index is 11.1. The fourth-order valence-corrected chi connectivity index (χ4v) is 3.05. The van der Waals surface area contributed by atoms with Gasteiger partial charge in [-0.2, -0.15) is 0 Å². The van der Waals surface area contributed by atoms with E-state index in [1.165, 1.54) is 17.5 Å². The molecule has 0 radical (unpaired) electrons. The van der Waals surface area contributed by atoms with Gasteiger partial charge in [0, 0.05) is 39.8 Å². The Balaban J connectivity index is 1.66. The monoisotopic (exact) mass is 315 g/mol. The largest absolute Gasteiger partial charge is 0.406 e. The molecule has 0 N–H and O–H groups in total. The van der Waals surface area contributed by atoms with E-state index in [1.807, 2.05) is 0 Å². The predicted octanol–water partition coefficient (Wildman–Crippen LogP) is 1.96. The van der Waals surface area contributed by atoms with Crippen molar-refractivity contribution in [1.82, 2.24) is 14.5 Å². The van der Waals surface area contributed by atoms with Crippen molar-refractivity contribution < 1.29 is 4.92 Å². The maximum atomic E-state index is 11.1. The SMILES string of the molecule is Cc1ccccc1CN1CCN(c2c([N+](=O)[O-])ncn2C)CC1. The van der Waals surface area contributed by atoms with Gasteiger partial charge in [0.25, 0.3) is 0 Å². The maximum Gasteiger partial charge on any atom is 0.406 e. The number of hydrogen-bond donors (Lipinski definition) is 0. The molecule has 2 heterocycles. The van der Waals surface area contributed by atoms with E-state index in [2.05, 4.69) is 46.0 Å². The van der Waals surface area contributed by atoms with Crippen LogP contribution in [0, 0.1) is 17.0 Å². The van der Waals surface area contributed by atoms with Gasteiger partial charge < -0.3 is 15.0 Å². The molecular weight excluding hydrogens is 294 g/mol. The van der Waals surface area contributed by atoms with Gasteiger partial charge in [0.1, 0.15) is 0 Å². The predicted molar refractivity (Wildman–Crippen MR) is 88.5 cm³/mol. The van der Waals surface area contributed by atoms with Gasteiger partial charge in [-0.3, -0.25) is 9.47 Å². The van der Waals surface area contributed by atoms with Crippen LogP contribution >= 0.6 is 0 Å². The fraction of sp³-hybridized carbons (Fsp3) is 0.438. The van der Waals surface area contributed by atoms with Gasteiger partial charge in [-0.05, 0) is 28.0 Å². The summed E-state index contributed by atoms with van der Waals surface area (Å²) in [6.45, 7) is 6.37. The second kappa shape index (κ2) is 6.37. The van der Waals surface area contributed by atoms with E-state index >= 15 is 0 Å². The summed E-state index contributed by atoms with van der Waals surface area (Å²) < 4.78 is 1.73. The highest BCUT2D eigenvalue weighted by Gasteiger charge is 2.28. The van der Waals surface area contributed by atoms with Crippen molar-refractivity contribution in [3.63, 3.8) is 0 Å². The number of aryl methyl sites for hydroxylation is 2. The molecule has 2 aromatic rings. The first kappa shape index (κ1) is 15.5. The summed E-state index contributed by atoms with van der Waals surface area (Å²) in [4.78, 5) is 19.0. The number of rotatable bonds is 4. The van der Waals surface area contributed by atoms with Crippen LogP contribution in [0.25, 0.3) is 0 Å². The molecule has 0 unspecified atom stereocenters. The third-order valence-corrected chi connectivity index (χ3v) is 4.39. The average molecular weight is 315 g/mol. The molecule has 0 bridgehead atoms. The fourth-order valence-electron chi connectivity index (χ4n) is 3.05. The summed E-state index contributed by atoms with van der Waals surface area (Å²) in [5, 5.41) is 11.1. The Bertz CT molecular complexity index is 704. The van der Waals surface area contributed by atoms with Crippen LogP contribution in [-0.4, -0.2) is 45.6 Å². The molecule has 1 aromatic heterocycles. The second-order valence-electron chi connectivity index (χ2n) is 5.95. The van der Waals surface area contributed by atoms with E-state index in [-0.39, 0.29) is 5.82 Å². The van der Waals surface area contributed by atoms with Gasteiger partial charge >= 0.3 is 5.82 Å². The first-order valence-electron chi connectivity index (χ1n) is 7.74. The first-order chi connectivity index (χ1) is 11.1. The van der Waals surface area contributed by atoms with Crippen molar-refractivity contribution in [3.8, 4) is 0 Å². The van der Waals surface area contributed by atoms with E-state index in [4.69, 9.17) is 0 Å². The molecule has 1 saturated heterocycles. The smallest absolute Gasteiger partial charge is 0.358 e. The quantitative estimate of drug-likeness (QED) is 0.637. The number of piperazine rings is 1. The van der Waals surface area contributed by atoms with Crippen LogP contribution in [0.15, 0.2) is 30.6 Å². The summed E-state index contributed by atoms with van der Waals surface area (Å²) >= 11 is 0. The van der Waals surface area contributed by atoms with Crippen LogP contribution < -0.4 is 4.90 Å². The summed E-state index contributed by atoms with van der Waals surface area (Å²) in [5.41, 5.74) is 2.64. The van der Waals surface area contributed by atoms with Crippen molar-refractivity contribution in [1.29, 1.82) is 0 Å². The normalized spacial score (nSPS) is 15.8. The minimum atomic E-state index is -0.408. The molecule has 7 nitrogen and oxygen atoms in total. The highest BCUT2D eigenvalue weighted by molar-refractivity contribution is 5.54. The molecule has 122 valence electrons. The minimum Gasteiger partial charge on any atom is -0.358 e. The van der Waals surface area contributed by atoms with Crippen molar-refractivity contribution in [3.05, 3.63) is 51.8 Å². The number of aromatic nitrogens is 2. The lowest BCUT2D eigenvalue weighted by atomic mass is 10.1. The molecule has 0 aliphatic carbocycles. The zero-order valence-corrected chi connectivity index (χ0v) is 13.5. The summed E-state index contributed by atoms with van der Waals surface area (Å²) in [7, 11) is 1.80. The number of anilines is 1. The van der Waals surface area contributed by atoms with Gasteiger partial charge in [-0.25, -0.2) is 0 Å². The third-order valence-electron chi connectivity index (χ3n) is 4.39. The van der Waals surface area contributed by atoms with Crippen LogP contribution in [0.3, 0.4) is 0 Å². The molecule has 1 aliphatic heterocycles. The number of nitrogens with zero attached hydrogens (tertiary/aromatic N) is 5. The topological polar surface area (TPSA) is 67.4 Å². The van der Waals surface area contributed by atoms with Gasteiger partial charge in [0.05, 0.1) is 0 Å². The summed E-state index contributed by atoms with van der Waals surface area (Å²) in [6.07, 6.45) is 1.51. The minimum absolute atomic E-state index is 0.0557. The standard InChI is InChI=1S/C16H21N5O2/c1-13-5-3-4-6-14(13)11-19-7-9-20(10-8-19)16-15(21(22)23)17-12-18(16)2/h3-6,12H,7-11H2,1-2H3. The Hall–Kier alpha value is -2.41. The number of nitro groups is 1. The van der Waals surface area contributed by atoms with Crippen molar-refractivity contribution in [2.75, 3.05) is 31.1 Å². The van der Waals surface area contributed by atoms with Crippen LogP contribution in [-0.2, 0) is 13.6 Å². The molecule has 1 aromatic carbocycles. The number of hydrogen-bond acceptors (Lipinski definition) is 5. The summed E-state index contributed by atoms with van der Waals surface area (Å²) in [5.74, 6) is 0.547. The molecule has 1 fully saturated rings. The molecule has 0 amide bonds. The Morgan fingerprint density at radius 3 is 2.57 bits per heavy atom. The first-order valence-corrected chi connectivity index (χ1v) is 7.74. The van der Waals surface area contributed by atoms with E-state index in [0.29, 0.717) is 5.82 Å². The van der Waals surface area contributed by atoms with Gasteiger partial charge in [0.2, 0.25) is 12.1 Å². The lowest BCUT2D eigenvalue weighted by molar-refractivity contribution is -0.388. The third kappa shape index (κ3) is 3.19. The van der Waals surface area contributed by atoms with Crippen LogP contribution in [0.1, 0.15) is 11.1 Å². The Labute approximate surface area is 135 Å². The Morgan fingerprint density at radius 1 is 1.22 bits per heavy atom. The molecule has 0 spiro atoms. The molecular formula is C16H21N5O2. The highest BCUT2D eigenvalue weighted by atomic mass is 16.6. The molecule has 0 saturated carbocycles. The van der Waals surface area contributed by atoms with Gasteiger partial charge in [0.15, 0.2) is 0 Å². The Morgan fingerprint density at radius 2 is 1.91 bits per heavy atom. The molecule has 3 rings (SSSR count). The van der Waals surface area contributed by atoms with E-state index < -0.39 is 4.92 Å². The number of benzene rings is 1. The van der Waals surface area contributed by atoms with Gasteiger partial charge in [-0.1, -0.05) is 24.3 Å². The van der Waals surface area contributed by atoms with E-state index in [9.17, 15) is 10.1 Å². The lowest BCUT2D eigenvalue weighted by Crippen LogP contribution is -2.46. The number of imidazole rings is 1. The average Bonchev–Trinajstić information content (AvgIpc) is 2.92. The van der Waals surface area contributed by atoms with E-state index in [1.54, 1.807) is 11.6 Å². The molecule has 7 heteroatoms. The highest BCUT2D eigenvalue weighted by Crippen LogP contribution is 2.27. The lowest BCUT2D eigenvalue weighted by Gasteiger charge is -2.35. The Kier molecular flexibility index (Phi) is 4.29. The molecule has 23 heavy (non-hydrogen) atoms. The zero-order chi connectivity index (χ0) is 16.4. The molecule has 1 aliphatic rings.